The number of carbonyl (C=O) groups is 1. The number of thiophene rings is 1. The number of hydrogen-bond donors (Lipinski definition) is 1. The number of amides is 1. The first kappa shape index (κ1) is 16.0. The predicted octanol–water partition coefficient (Wildman–Crippen LogP) is 1.94. The topological polar surface area (TPSA) is 103 Å². The summed E-state index contributed by atoms with van der Waals surface area (Å²) in [6, 6.07) is 3.65. The Labute approximate surface area is 151 Å². The van der Waals surface area contributed by atoms with Crippen molar-refractivity contribution in [3.8, 4) is 0 Å². The summed E-state index contributed by atoms with van der Waals surface area (Å²) in [6.45, 7) is 0.355. The van der Waals surface area contributed by atoms with E-state index < -0.39 is 5.91 Å². The minimum atomic E-state index is -0.397. The van der Waals surface area contributed by atoms with Gasteiger partial charge < -0.3 is 5.32 Å². The first-order valence-electron chi connectivity index (χ1n) is 7.64. The average molecular weight is 364 g/mol. The van der Waals surface area contributed by atoms with Crippen molar-refractivity contribution in [2.24, 2.45) is 0 Å². The Hall–Kier alpha value is -3.46. The highest BCUT2D eigenvalue weighted by Crippen LogP contribution is 2.22. The van der Waals surface area contributed by atoms with Crippen LogP contribution in [0.2, 0.25) is 0 Å². The fourth-order valence-electron chi connectivity index (χ4n) is 2.49. The van der Waals surface area contributed by atoms with E-state index in [1.54, 1.807) is 17.8 Å². The van der Waals surface area contributed by atoms with Gasteiger partial charge in [-0.25, -0.2) is 15.0 Å². The Morgan fingerprint density at radius 2 is 1.92 bits per heavy atom. The SMILES string of the molecule is O=C(Nc1cncnc1)c1csc2ncn(Cc3ccncc3)c(=O)c12. The van der Waals surface area contributed by atoms with Gasteiger partial charge in [-0.3, -0.25) is 19.1 Å². The van der Waals surface area contributed by atoms with Crippen molar-refractivity contribution in [1.29, 1.82) is 0 Å². The number of aromatic nitrogens is 5. The molecule has 0 bridgehead atoms. The third-order valence-corrected chi connectivity index (χ3v) is 4.61. The summed E-state index contributed by atoms with van der Waals surface area (Å²) in [5.74, 6) is -0.397. The lowest BCUT2D eigenvalue weighted by atomic mass is 10.2. The summed E-state index contributed by atoms with van der Waals surface area (Å²) in [4.78, 5) is 42.0. The van der Waals surface area contributed by atoms with E-state index in [0.717, 1.165) is 5.56 Å². The number of hydrogen-bond acceptors (Lipinski definition) is 7. The van der Waals surface area contributed by atoms with Crippen molar-refractivity contribution < 1.29 is 4.79 Å². The lowest BCUT2D eigenvalue weighted by Gasteiger charge is -2.06. The fraction of sp³-hybridized carbons (Fsp3) is 0.0588. The molecule has 4 rings (SSSR count). The maximum atomic E-state index is 12.9. The lowest BCUT2D eigenvalue weighted by molar-refractivity contribution is 0.102. The van der Waals surface area contributed by atoms with Crippen LogP contribution in [0.15, 0.2) is 59.7 Å². The Morgan fingerprint density at radius 3 is 2.69 bits per heavy atom. The smallest absolute Gasteiger partial charge is 0.263 e. The van der Waals surface area contributed by atoms with Gasteiger partial charge in [-0.2, -0.15) is 0 Å². The molecule has 128 valence electrons. The van der Waals surface area contributed by atoms with Gasteiger partial charge in [0.15, 0.2) is 0 Å². The van der Waals surface area contributed by atoms with E-state index in [-0.39, 0.29) is 11.1 Å². The summed E-state index contributed by atoms with van der Waals surface area (Å²) >= 11 is 1.26. The van der Waals surface area contributed by atoms with Crippen molar-refractivity contribution in [3.63, 3.8) is 0 Å². The summed E-state index contributed by atoms with van der Waals surface area (Å²) in [7, 11) is 0. The zero-order valence-electron chi connectivity index (χ0n) is 13.4. The van der Waals surface area contributed by atoms with E-state index in [4.69, 9.17) is 0 Å². The normalized spacial score (nSPS) is 10.8. The van der Waals surface area contributed by atoms with Crippen molar-refractivity contribution >= 4 is 33.1 Å². The van der Waals surface area contributed by atoms with Crippen LogP contribution in [0.4, 0.5) is 5.69 Å². The molecule has 0 fully saturated rings. The molecule has 4 heterocycles. The number of nitrogens with one attached hydrogen (secondary N) is 1. The lowest BCUT2D eigenvalue weighted by Crippen LogP contribution is -2.23. The van der Waals surface area contributed by atoms with Crippen LogP contribution in [0.25, 0.3) is 10.2 Å². The number of anilines is 1. The van der Waals surface area contributed by atoms with E-state index in [2.05, 4.69) is 25.3 Å². The zero-order chi connectivity index (χ0) is 17.9. The van der Waals surface area contributed by atoms with E-state index in [1.165, 1.54) is 41.0 Å². The van der Waals surface area contributed by atoms with Crippen molar-refractivity contribution in [2.75, 3.05) is 5.32 Å². The molecule has 0 saturated heterocycles. The van der Waals surface area contributed by atoms with E-state index >= 15 is 0 Å². The fourth-order valence-corrected chi connectivity index (χ4v) is 3.37. The van der Waals surface area contributed by atoms with Gasteiger partial charge in [0.1, 0.15) is 11.2 Å². The minimum Gasteiger partial charge on any atom is -0.319 e. The highest BCUT2D eigenvalue weighted by molar-refractivity contribution is 7.17. The van der Waals surface area contributed by atoms with Gasteiger partial charge in [0, 0.05) is 17.8 Å². The van der Waals surface area contributed by atoms with E-state index in [1.807, 2.05) is 12.1 Å². The highest BCUT2D eigenvalue weighted by Gasteiger charge is 2.18. The Kier molecular flexibility index (Phi) is 4.20. The number of nitrogens with zero attached hydrogens (tertiary/aromatic N) is 5. The van der Waals surface area contributed by atoms with Crippen LogP contribution >= 0.6 is 11.3 Å². The molecule has 0 atom stereocenters. The number of rotatable bonds is 4. The van der Waals surface area contributed by atoms with Crippen LogP contribution < -0.4 is 10.9 Å². The van der Waals surface area contributed by atoms with Crippen LogP contribution in [0.3, 0.4) is 0 Å². The van der Waals surface area contributed by atoms with Gasteiger partial charge in [-0.1, -0.05) is 0 Å². The average Bonchev–Trinajstić information content (AvgIpc) is 3.11. The van der Waals surface area contributed by atoms with E-state index in [9.17, 15) is 9.59 Å². The van der Waals surface area contributed by atoms with Crippen molar-refractivity contribution in [2.45, 2.75) is 6.54 Å². The van der Waals surface area contributed by atoms with Gasteiger partial charge in [-0.05, 0) is 17.7 Å². The molecule has 8 nitrogen and oxygen atoms in total. The van der Waals surface area contributed by atoms with Crippen LogP contribution in [0, 0.1) is 0 Å². The molecular formula is C17H12N6O2S. The van der Waals surface area contributed by atoms with Crippen LogP contribution in [-0.2, 0) is 6.54 Å². The quantitative estimate of drug-likeness (QED) is 0.594. The van der Waals surface area contributed by atoms with Crippen molar-refractivity contribution in [3.05, 3.63) is 76.4 Å². The molecule has 4 aromatic heterocycles. The second-order valence-electron chi connectivity index (χ2n) is 5.44. The second-order valence-corrected chi connectivity index (χ2v) is 6.30. The summed E-state index contributed by atoms with van der Waals surface area (Å²) in [5, 5.41) is 4.63. The molecule has 4 aromatic rings. The molecule has 0 radical (unpaired) electrons. The first-order chi connectivity index (χ1) is 12.7. The predicted molar refractivity (Wildman–Crippen MR) is 97.2 cm³/mol. The van der Waals surface area contributed by atoms with Crippen molar-refractivity contribution in [1.82, 2.24) is 24.5 Å². The molecule has 26 heavy (non-hydrogen) atoms. The van der Waals surface area contributed by atoms with Gasteiger partial charge in [-0.15, -0.1) is 11.3 Å². The van der Waals surface area contributed by atoms with Crippen LogP contribution in [-0.4, -0.2) is 30.4 Å². The second kappa shape index (κ2) is 6.81. The Morgan fingerprint density at radius 1 is 1.15 bits per heavy atom. The number of carbonyl (C=O) groups excluding carboxylic acids is 1. The van der Waals surface area contributed by atoms with Crippen LogP contribution in [0.5, 0.6) is 0 Å². The van der Waals surface area contributed by atoms with Gasteiger partial charge >= 0.3 is 0 Å². The van der Waals surface area contributed by atoms with Crippen LogP contribution in [0.1, 0.15) is 15.9 Å². The summed E-state index contributed by atoms with van der Waals surface area (Å²) < 4.78 is 1.48. The maximum Gasteiger partial charge on any atom is 0.263 e. The molecule has 0 aliphatic rings. The molecule has 0 unspecified atom stereocenters. The monoisotopic (exact) mass is 364 g/mol. The molecule has 9 heteroatoms. The largest absolute Gasteiger partial charge is 0.319 e. The van der Waals surface area contributed by atoms with Gasteiger partial charge in [0.25, 0.3) is 11.5 Å². The zero-order valence-corrected chi connectivity index (χ0v) is 14.2. The molecule has 0 spiro atoms. The van der Waals surface area contributed by atoms with E-state index in [0.29, 0.717) is 22.4 Å². The highest BCUT2D eigenvalue weighted by atomic mass is 32.1. The molecule has 1 N–H and O–H groups in total. The molecule has 0 aromatic carbocycles. The maximum absolute atomic E-state index is 12.9. The third kappa shape index (κ3) is 3.07. The standard InChI is InChI=1S/C17H12N6O2S/c24-15(22-12-5-19-9-20-6-12)13-8-26-16-14(13)17(25)23(10-21-16)7-11-1-3-18-4-2-11/h1-6,8-10H,7H2,(H,22,24). The molecule has 1 amide bonds. The molecule has 0 saturated carbocycles. The Bertz CT molecular complexity index is 1120. The first-order valence-corrected chi connectivity index (χ1v) is 8.52. The van der Waals surface area contributed by atoms with Gasteiger partial charge in [0.2, 0.25) is 0 Å². The molecule has 0 aliphatic heterocycles. The number of fused-ring (bicyclic) bond motifs is 1. The summed E-state index contributed by atoms with van der Waals surface area (Å²) in [6.07, 6.45) is 9.17. The Balaban J connectivity index is 1.71. The summed E-state index contributed by atoms with van der Waals surface area (Å²) in [5.41, 5.74) is 1.40. The molecular weight excluding hydrogens is 352 g/mol. The third-order valence-electron chi connectivity index (χ3n) is 3.73. The molecule has 0 aliphatic carbocycles. The van der Waals surface area contributed by atoms with Gasteiger partial charge in [0.05, 0.1) is 41.9 Å². The number of pyridine rings is 1. The minimum absolute atomic E-state index is 0.262.